The minimum Gasteiger partial charge on any atom is -0.314 e. The van der Waals surface area contributed by atoms with Crippen LogP contribution in [0.15, 0.2) is 57.9 Å². The van der Waals surface area contributed by atoms with Crippen molar-refractivity contribution in [2.24, 2.45) is 0 Å². The van der Waals surface area contributed by atoms with Crippen molar-refractivity contribution in [2.75, 3.05) is 0 Å². The second-order valence-electron chi connectivity index (χ2n) is 3.89. The maximum absolute atomic E-state index is 11.9. The van der Waals surface area contributed by atoms with Gasteiger partial charge in [-0.05, 0) is 28.1 Å². The molecule has 2 rings (SSSR count). The lowest BCUT2D eigenvalue weighted by molar-refractivity contribution is 0.0976. The largest absolute Gasteiger partial charge is 0.314 e. The number of aryl methyl sites for hydroxylation is 1. The average molecular weight is 306 g/mol. The molecule has 0 unspecified atom stereocenters. The van der Waals surface area contributed by atoms with Crippen LogP contribution in [-0.4, -0.2) is 10.4 Å². The molecule has 18 heavy (non-hydrogen) atoms. The van der Waals surface area contributed by atoms with E-state index in [0.717, 1.165) is 0 Å². The maximum atomic E-state index is 11.9. The Morgan fingerprint density at radius 1 is 1.11 bits per heavy atom. The molecule has 92 valence electrons. The molecular formula is C14H12BrNO2. The monoisotopic (exact) mass is 305 g/mol. The lowest BCUT2D eigenvalue weighted by atomic mass is 10.1. The van der Waals surface area contributed by atoms with E-state index in [9.17, 15) is 9.59 Å². The Labute approximate surface area is 113 Å². The van der Waals surface area contributed by atoms with E-state index in [-0.39, 0.29) is 11.3 Å². The zero-order chi connectivity index (χ0) is 13.0. The van der Waals surface area contributed by atoms with Crippen molar-refractivity contribution in [1.29, 1.82) is 0 Å². The first-order chi connectivity index (χ1) is 8.68. The van der Waals surface area contributed by atoms with Gasteiger partial charge in [-0.3, -0.25) is 9.59 Å². The molecule has 4 heteroatoms. The van der Waals surface area contributed by atoms with Crippen molar-refractivity contribution < 1.29 is 4.79 Å². The van der Waals surface area contributed by atoms with E-state index in [1.54, 1.807) is 30.5 Å². The summed E-state index contributed by atoms with van der Waals surface area (Å²) in [6.07, 6.45) is 2.01. The van der Waals surface area contributed by atoms with E-state index in [4.69, 9.17) is 0 Å². The van der Waals surface area contributed by atoms with Crippen molar-refractivity contribution >= 4 is 21.7 Å². The van der Waals surface area contributed by atoms with Gasteiger partial charge in [0.1, 0.15) is 0 Å². The molecule has 0 aliphatic carbocycles. The molecule has 0 fully saturated rings. The predicted octanol–water partition coefficient (Wildman–Crippen LogP) is 2.88. The fraction of sp³-hybridized carbons (Fsp3) is 0.143. The maximum Gasteiger partial charge on any atom is 0.264 e. The summed E-state index contributed by atoms with van der Waals surface area (Å²) in [5, 5.41) is 0. The highest BCUT2D eigenvalue weighted by molar-refractivity contribution is 9.10. The Morgan fingerprint density at radius 3 is 2.56 bits per heavy atom. The number of halogens is 1. The third kappa shape index (κ3) is 2.96. The van der Waals surface area contributed by atoms with Crippen LogP contribution in [-0.2, 0) is 6.54 Å². The second-order valence-corrected chi connectivity index (χ2v) is 4.75. The summed E-state index contributed by atoms with van der Waals surface area (Å²) in [5.74, 6) is 0.0440. The van der Waals surface area contributed by atoms with Crippen LogP contribution in [0.1, 0.15) is 16.8 Å². The Morgan fingerprint density at radius 2 is 1.83 bits per heavy atom. The van der Waals surface area contributed by atoms with E-state index in [1.165, 1.54) is 4.57 Å². The number of aromatic nitrogens is 1. The standard InChI is InChI=1S/C14H12BrNO2/c15-12-7-4-9-16(14(12)18)10-8-13(17)11-5-2-1-3-6-11/h1-7,9H,8,10H2. The van der Waals surface area contributed by atoms with Gasteiger partial charge in [-0.25, -0.2) is 0 Å². The van der Waals surface area contributed by atoms with Crippen LogP contribution in [0.2, 0.25) is 0 Å². The molecule has 0 atom stereocenters. The van der Waals surface area contributed by atoms with Crippen LogP contribution in [0.25, 0.3) is 0 Å². The molecule has 1 heterocycles. The van der Waals surface area contributed by atoms with Gasteiger partial charge in [0.05, 0.1) is 4.47 Å². The summed E-state index contributed by atoms with van der Waals surface area (Å²) in [5.41, 5.74) is 0.568. The highest BCUT2D eigenvalue weighted by Crippen LogP contribution is 2.05. The Balaban J connectivity index is 2.07. The van der Waals surface area contributed by atoms with Gasteiger partial charge in [-0.15, -0.1) is 0 Å². The van der Waals surface area contributed by atoms with E-state index in [1.807, 2.05) is 18.2 Å². The minimum absolute atomic E-state index is 0.0440. The van der Waals surface area contributed by atoms with Gasteiger partial charge >= 0.3 is 0 Å². The number of pyridine rings is 1. The molecule has 0 aliphatic heterocycles. The lowest BCUT2D eigenvalue weighted by Gasteiger charge is -2.05. The summed E-state index contributed by atoms with van der Waals surface area (Å²) in [7, 11) is 0. The summed E-state index contributed by atoms with van der Waals surface area (Å²) >= 11 is 3.18. The average Bonchev–Trinajstić information content (AvgIpc) is 2.41. The number of nitrogens with zero attached hydrogens (tertiary/aromatic N) is 1. The Bertz CT molecular complexity index is 605. The van der Waals surface area contributed by atoms with Crippen molar-refractivity contribution in [1.82, 2.24) is 4.57 Å². The Kier molecular flexibility index (Phi) is 4.10. The van der Waals surface area contributed by atoms with E-state index in [0.29, 0.717) is 23.0 Å². The van der Waals surface area contributed by atoms with Crippen molar-refractivity contribution in [3.8, 4) is 0 Å². The first-order valence-corrected chi connectivity index (χ1v) is 6.41. The summed E-state index contributed by atoms with van der Waals surface area (Å²) in [6, 6.07) is 12.6. The molecule has 0 spiro atoms. The fourth-order valence-corrected chi connectivity index (χ4v) is 2.05. The van der Waals surface area contributed by atoms with Gasteiger partial charge in [-0.1, -0.05) is 30.3 Å². The topological polar surface area (TPSA) is 39.1 Å². The molecule has 3 nitrogen and oxygen atoms in total. The van der Waals surface area contributed by atoms with Gasteiger partial charge < -0.3 is 4.57 Å². The van der Waals surface area contributed by atoms with Crippen molar-refractivity contribution in [3.05, 3.63) is 69.1 Å². The van der Waals surface area contributed by atoms with Gasteiger partial charge in [0.2, 0.25) is 0 Å². The predicted molar refractivity (Wildman–Crippen MR) is 73.8 cm³/mol. The fourth-order valence-electron chi connectivity index (χ4n) is 1.67. The highest BCUT2D eigenvalue weighted by atomic mass is 79.9. The zero-order valence-corrected chi connectivity index (χ0v) is 11.3. The first-order valence-electron chi connectivity index (χ1n) is 5.61. The number of carbonyl (C=O) groups is 1. The van der Waals surface area contributed by atoms with Crippen molar-refractivity contribution in [2.45, 2.75) is 13.0 Å². The van der Waals surface area contributed by atoms with E-state index >= 15 is 0 Å². The number of hydrogen-bond donors (Lipinski definition) is 0. The van der Waals surface area contributed by atoms with Crippen LogP contribution in [0.5, 0.6) is 0 Å². The zero-order valence-electron chi connectivity index (χ0n) is 9.67. The quantitative estimate of drug-likeness (QED) is 0.815. The Hall–Kier alpha value is -1.68. The van der Waals surface area contributed by atoms with Crippen molar-refractivity contribution in [3.63, 3.8) is 0 Å². The number of hydrogen-bond acceptors (Lipinski definition) is 2. The minimum atomic E-state index is -0.113. The summed E-state index contributed by atoms with van der Waals surface area (Å²) in [4.78, 5) is 23.6. The van der Waals surface area contributed by atoms with Crippen LogP contribution in [0.3, 0.4) is 0 Å². The number of benzene rings is 1. The second kappa shape index (κ2) is 5.78. The normalized spacial score (nSPS) is 10.3. The summed E-state index contributed by atoms with van der Waals surface area (Å²) < 4.78 is 2.04. The molecular weight excluding hydrogens is 294 g/mol. The lowest BCUT2D eigenvalue weighted by Crippen LogP contribution is -2.21. The third-order valence-corrected chi connectivity index (χ3v) is 3.25. The number of carbonyl (C=O) groups excluding carboxylic acids is 1. The molecule has 0 saturated heterocycles. The molecule has 1 aromatic heterocycles. The smallest absolute Gasteiger partial charge is 0.264 e. The third-order valence-electron chi connectivity index (χ3n) is 2.65. The number of rotatable bonds is 4. The number of Topliss-reactive ketones (excluding diaryl/α,β-unsaturated/α-hetero) is 1. The van der Waals surface area contributed by atoms with Crippen LogP contribution < -0.4 is 5.56 Å². The highest BCUT2D eigenvalue weighted by Gasteiger charge is 2.06. The van der Waals surface area contributed by atoms with Crippen LogP contribution >= 0.6 is 15.9 Å². The van der Waals surface area contributed by atoms with Gasteiger partial charge in [0.25, 0.3) is 5.56 Å². The van der Waals surface area contributed by atoms with Gasteiger partial charge in [0, 0.05) is 24.7 Å². The van der Waals surface area contributed by atoms with Gasteiger partial charge in [-0.2, -0.15) is 0 Å². The number of ketones is 1. The first kappa shape index (κ1) is 12.8. The van der Waals surface area contributed by atoms with E-state index < -0.39 is 0 Å². The van der Waals surface area contributed by atoms with Gasteiger partial charge in [0.15, 0.2) is 5.78 Å². The molecule has 0 aliphatic rings. The molecule has 0 bridgehead atoms. The molecule has 0 radical (unpaired) electrons. The SMILES string of the molecule is O=C(CCn1cccc(Br)c1=O)c1ccccc1. The van der Waals surface area contributed by atoms with Crippen LogP contribution in [0, 0.1) is 0 Å². The van der Waals surface area contributed by atoms with Crippen LogP contribution in [0.4, 0.5) is 0 Å². The van der Waals surface area contributed by atoms with E-state index in [2.05, 4.69) is 15.9 Å². The molecule has 0 amide bonds. The molecule has 2 aromatic rings. The molecule has 1 aromatic carbocycles. The summed E-state index contributed by atoms with van der Waals surface area (Å²) in [6.45, 7) is 0.395. The molecule has 0 N–H and O–H groups in total. The molecule has 0 saturated carbocycles.